The van der Waals surface area contributed by atoms with Gasteiger partial charge in [-0.1, -0.05) is 41.2 Å². The van der Waals surface area contributed by atoms with Crippen LogP contribution in [0, 0.1) is 12.8 Å². The van der Waals surface area contributed by atoms with E-state index in [0.29, 0.717) is 31.1 Å². The molecule has 9 heteroatoms. The van der Waals surface area contributed by atoms with Gasteiger partial charge >= 0.3 is 0 Å². The summed E-state index contributed by atoms with van der Waals surface area (Å²) in [6, 6.07) is 14.8. The number of rotatable bonds is 8. The van der Waals surface area contributed by atoms with Crippen molar-refractivity contribution in [3.05, 3.63) is 54.1 Å². The summed E-state index contributed by atoms with van der Waals surface area (Å²) >= 11 is 1.51. The number of carbonyl (C=O) groups is 1. The third-order valence-electron chi connectivity index (χ3n) is 6.16. The van der Waals surface area contributed by atoms with Crippen molar-refractivity contribution in [2.75, 3.05) is 45.2 Å². The van der Waals surface area contributed by atoms with Crippen molar-refractivity contribution in [1.82, 2.24) is 14.2 Å². The number of benzene rings is 2. The van der Waals surface area contributed by atoms with Gasteiger partial charge in [0.1, 0.15) is 0 Å². The van der Waals surface area contributed by atoms with E-state index in [0.717, 1.165) is 28.7 Å². The molecule has 1 unspecified atom stereocenters. The zero-order valence-corrected chi connectivity index (χ0v) is 21.6. The van der Waals surface area contributed by atoms with Gasteiger partial charge in [0.25, 0.3) is 0 Å². The van der Waals surface area contributed by atoms with Gasteiger partial charge in [-0.15, -0.1) is 0 Å². The molecule has 0 saturated carbocycles. The zero-order valence-electron chi connectivity index (χ0n) is 20.0. The van der Waals surface area contributed by atoms with Crippen molar-refractivity contribution in [2.45, 2.75) is 31.1 Å². The SMILES string of the molecule is Cc1ccc(S(=O)(=O)N2CCCC(C(=O)N(CCCN(C)C)c3nc4ccccc4s3)C2)cc1. The van der Waals surface area contributed by atoms with E-state index < -0.39 is 10.0 Å². The molecular formula is C25H32N4O3S2. The van der Waals surface area contributed by atoms with E-state index in [-0.39, 0.29) is 23.3 Å². The Hall–Kier alpha value is -2.33. The van der Waals surface area contributed by atoms with E-state index in [1.165, 1.54) is 15.6 Å². The monoisotopic (exact) mass is 500 g/mol. The van der Waals surface area contributed by atoms with Gasteiger partial charge in [0.2, 0.25) is 15.9 Å². The van der Waals surface area contributed by atoms with Crippen LogP contribution in [0.2, 0.25) is 0 Å². The molecule has 1 aliphatic rings. The molecule has 0 radical (unpaired) electrons. The number of nitrogens with zero attached hydrogens (tertiary/aromatic N) is 4. The maximum absolute atomic E-state index is 13.8. The van der Waals surface area contributed by atoms with Gasteiger partial charge in [0, 0.05) is 19.6 Å². The molecule has 0 spiro atoms. The van der Waals surface area contributed by atoms with E-state index in [1.54, 1.807) is 29.2 Å². The number of sulfonamides is 1. The number of carbonyl (C=O) groups excluding carboxylic acids is 1. The number of thiazole rings is 1. The topological polar surface area (TPSA) is 73.8 Å². The second-order valence-corrected chi connectivity index (χ2v) is 12.1. The number of amides is 1. The lowest BCUT2D eigenvalue weighted by atomic mass is 9.98. The molecule has 1 aliphatic heterocycles. The third kappa shape index (κ3) is 5.49. The second kappa shape index (κ2) is 10.5. The highest BCUT2D eigenvalue weighted by Crippen LogP contribution is 2.32. The second-order valence-electron chi connectivity index (χ2n) is 9.13. The predicted molar refractivity (Wildman–Crippen MR) is 138 cm³/mol. The van der Waals surface area contributed by atoms with Gasteiger partial charge in [0.15, 0.2) is 5.13 Å². The Morgan fingerprint density at radius 1 is 1.12 bits per heavy atom. The first kappa shape index (κ1) is 24.8. The van der Waals surface area contributed by atoms with E-state index in [1.807, 2.05) is 45.3 Å². The molecule has 1 amide bonds. The van der Waals surface area contributed by atoms with E-state index in [4.69, 9.17) is 4.98 Å². The Bertz CT molecular complexity index is 1210. The van der Waals surface area contributed by atoms with Crippen LogP contribution in [0.3, 0.4) is 0 Å². The minimum absolute atomic E-state index is 0.0402. The zero-order chi connectivity index (χ0) is 24.3. The number of hydrogen-bond acceptors (Lipinski definition) is 6. The highest BCUT2D eigenvalue weighted by atomic mass is 32.2. The fourth-order valence-electron chi connectivity index (χ4n) is 4.26. The minimum atomic E-state index is -3.64. The predicted octanol–water partition coefficient (Wildman–Crippen LogP) is 3.99. The largest absolute Gasteiger partial charge is 0.309 e. The van der Waals surface area contributed by atoms with Crippen LogP contribution in [-0.2, 0) is 14.8 Å². The maximum Gasteiger partial charge on any atom is 0.243 e. The van der Waals surface area contributed by atoms with Crippen LogP contribution in [0.1, 0.15) is 24.8 Å². The molecule has 3 aromatic rings. The molecule has 182 valence electrons. The first-order valence-corrected chi connectivity index (χ1v) is 13.9. The van der Waals surface area contributed by atoms with E-state index >= 15 is 0 Å². The Labute approximate surface area is 206 Å². The fraction of sp³-hybridized carbons (Fsp3) is 0.440. The minimum Gasteiger partial charge on any atom is -0.309 e. The van der Waals surface area contributed by atoms with Gasteiger partial charge in [-0.2, -0.15) is 4.31 Å². The summed E-state index contributed by atoms with van der Waals surface area (Å²) in [5.74, 6) is -0.429. The van der Waals surface area contributed by atoms with E-state index in [9.17, 15) is 13.2 Å². The number of aryl methyl sites for hydroxylation is 1. The Balaban J connectivity index is 1.56. The molecule has 1 atom stereocenters. The van der Waals surface area contributed by atoms with Crippen molar-refractivity contribution in [3.63, 3.8) is 0 Å². The maximum atomic E-state index is 13.8. The van der Waals surface area contributed by atoms with Crippen LogP contribution in [0.15, 0.2) is 53.4 Å². The first-order chi connectivity index (χ1) is 16.3. The quantitative estimate of drug-likeness (QED) is 0.468. The summed E-state index contributed by atoms with van der Waals surface area (Å²) < 4.78 is 29.0. The molecule has 1 fully saturated rings. The van der Waals surface area contributed by atoms with Crippen molar-refractivity contribution in [2.24, 2.45) is 5.92 Å². The summed E-state index contributed by atoms with van der Waals surface area (Å²) in [5.41, 5.74) is 1.88. The van der Waals surface area contributed by atoms with Crippen LogP contribution < -0.4 is 4.90 Å². The number of fused-ring (bicyclic) bond motifs is 1. The molecule has 0 bridgehead atoms. The average molecular weight is 501 g/mol. The van der Waals surface area contributed by atoms with Gasteiger partial charge in [-0.05, 0) is 71.1 Å². The molecule has 4 rings (SSSR count). The Morgan fingerprint density at radius 3 is 2.56 bits per heavy atom. The molecule has 1 saturated heterocycles. The van der Waals surface area contributed by atoms with Crippen LogP contribution in [-0.4, -0.2) is 68.8 Å². The van der Waals surface area contributed by atoms with Gasteiger partial charge in [-0.25, -0.2) is 13.4 Å². The lowest BCUT2D eigenvalue weighted by Crippen LogP contribution is -2.47. The van der Waals surface area contributed by atoms with Gasteiger partial charge in [-0.3, -0.25) is 9.69 Å². The van der Waals surface area contributed by atoms with Crippen molar-refractivity contribution in [1.29, 1.82) is 0 Å². The molecule has 7 nitrogen and oxygen atoms in total. The van der Waals surface area contributed by atoms with E-state index in [2.05, 4.69) is 4.90 Å². The lowest BCUT2D eigenvalue weighted by Gasteiger charge is -2.33. The summed E-state index contributed by atoms with van der Waals surface area (Å²) in [6.45, 7) is 3.97. The molecular weight excluding hydrogens is 468 g/mol. The number of anilines is 1. The molecule has 1 aromatic heterocycles. The van der Waals surface area contributed by atoms with Crippen LogP contribution >= 0.6 is 11.3 Å². The third-order valence-corrected chi connectivity index (χ3v) is 9.10. The normalized spacial score (nSPS) is 17.4. The number of piperidine rings is 1. The molecule has 34 heavy (non-hydrogen) atoms. The Morgan fingerprint density at radius 2 is 1.85 bits per heavy atom. The number of hydrogen-bond donors (Lipinski definition) is 0. The summed E-state index contributed by atoms with van der Waals surface area (Å²) in [5, 5.41) is 0.684. The standard InChI is InChI=1S/C25H32N4O3S2/c1-19-11-13-21(14-12-19)34(31,32)28-16-6-8-20(18-28)24(30)29(17-7-15-27(2)3)25-26-22-9-4-5-10-23(22)33-25/h4-5,9-14,20H,6-8,15-18H2,1-3H3. The number of aromatic nitrogens is 1. The lowest BCUT2D eigenvalue weighted by molar-refractivity contribution is -0.123. The van der Waals surface area contributed by atoms with Crippen molar-refractivity contribution >= 4 is 42.6 Å². The molecule has 0 N–H and O–H groups in total. The van der Waals surface area contributed by atoms with Crippen molar-refractivity contribution < 1.29 is 13.2 Å². The molecule has 2 aromatic carbocycles. The van der Waals surface area contributed by atoms with Gasteiger partial charge in [0.05, 0.1) is 21.0 Å². The molecule has 2 heterocycles. The fourth-order valence-corrected chi connectivity index (χ4v) is 6.78. The highest BCUT2D eigenvalue weighted by molar-refractivity contribution is 7.89. The average Bonchev–Trinajstić information content (AvgIpc) is 3.25. The Kier molecular flexibility index (Phi) is 7.67. The summed E-state index contributed by atoms with van der Waals surface area (Å²) in [7, 11) is 0.384. The molecule has 0 aliphatic carbocycles. The number of para-hydroxylation sites is 1. The van der Waals surface area contributed by atoms with Crippen LogP contribution in [0.4, 0.5) is 5.13 Å². The summed E-state index contributed by atoms with van der Waals surface area (Å²) in [6.07, 6.45) is 2.15. The highest BCUT2D eigenvalue weighted by Gasteiger charge is 2.36. The van der Waals surface area contributed by atoms with Gasteiger partial charge < -0.3 is 4.90 Å². The smallest absolute Gasteiger partial charge is 0.243 e. The first-order valence-electron chi connectivity index (χ1n) is 11.6. The van der Waals surface area contributed by atoms with Crippen LogP contribution in [0.5, 0.6) is 0 Å². The summed E-state index contributed by atoms with van der Waals surface area (Å²) in [4.78, 5) is 22.6. The van der Waals surface area contributed by atoms with Crippen LogP contribution in [0.25, 0.3) is 10.2 Å². The van der Waals surface area contributed by atoms with Crippen molar-refractivity contribution in [3.8, 4) is 0 Å².